The van der Waals surface area contributed by atoms with Crippen LogP contribution in [-0.2, 0) is 6.42 Å². The predicted octanol–water partition coefficient (Wildman–Crippen LogP) is 3.93. The van der Waals surface area contributed by atoms with E-state index in [1.807, 2.05) is 12.1 Å². The summed E-state index contributed by atoms with van der Waals surface area (Å²) in [5.74, 6) is 1.14. The first-order chi connectivity index (χ1) is 10.7. The standard InChI is InChI=1S/C17H23N3OS.HI/c1-13(16-6-4-12-22-16)20-17(18-2)19-11-3-5-14-7-9-15(21)10-8-14;/h4,6-10,12-13,21H,3,5,11H2,1-2H3,(H2,18,19,20);1H. The Balaban J connectivity index is 0.00000264. The van der Waals surface area contributed by atoms with Gasteiger partial charge in [0.1, 0.15) is 5.75 Å². The van der Waals surface area contributed by atoms with E-state index in [0.29, 0.717) is 5.75 Å². The molecule has 0 bridgehead atoms. The minimum atomic E-state index is 0. The molecule has 6 heteroatoms. The molecule has 1 unspecified atom stereocenters. The van der Waals surface area contributed by atoms with Crippen molar-refractivity contribution in [2.45, 2.75) is 25.8 Å². The lowest BCUT2D eigenvalue weighted by Gasteiger charge is -2.16. The quantitative estimate of drug-likeness (QED) is 0.273. The molecule has 4 nitrogen and oxygen atoms in total. The largest absolute Gasteiger partial charge is 0.508 e. The first-order valence-electron chi connectivity index (χ1n) is 7.47. The van der Waals surface area contributed by atoms with Crippen molar-refractivity contribution in [1.29, 1.82) is 0 Å². The molecule has 2 aromatic rings. The van der Waals surface area contributed by atoms with Crippen molar-refractivity contribution in [3.8, 4) is 5.75 Å². The second-order valence-corrected chi connectivity index (χ2v) is 6.13. The molecule has 0 aliphatic carbocycles. The summed E-state index contributed by atoms with van der Waals surface area (Å²) < 4.78 is 0. The van der Waals surface area contributed by atoms with E-state index in [9.17, 15) is 5.11 Å². The van der Waals surface area contributed by atoms with Crippen LogP contribution in [0.4, 0.5) is 0 Å². The third kappa shape index (κ3) is 6.78. The number of phenols is 1. The molecule has 2 rings (SSSR count). The van der Waals surface area contributed by atoms with Gasteiger partial charge < -0.3 is 15.7 Å². The third-order valence-electron chi connectivity index (χ3n) is 3.42. The monoisotopic (exact) mass is 445 g/mol. The van der Waals surface area contributed by atoms with E-state index in [1.54, 1.807) is 30.5 Å². The van der Waals surface area contributed by atoms with Gasteiger partial charge in [-0.15, -0.1) is 35.3 Å². The molecular weight excluding hydrogens is 421 g/mol. The predicted molar refractivity (Wildman–Crippen MR) is 109 cm³/mol. The summed E-state index contributed by atoms with van der Waals surface area (Å²) in [7, 11) is 1.79. The van der Waals surface area contributed by atoms with Gasteiger partial charge in [-0.05, 0) is 48.9 Å². The van der Waals surface area contributed by atoms with Gasteiger partial charge in [0.2, 0.25) is 0 Å². The van der Waals surface area contributed by atoms with Crippen molar-refractivity contribution in [2.75, 3.05) is 13.6 Å². The molecule has 0 radical (unpaired) electrons. The van der Waals surface area contributed by atoms with Crippen LogP contribution in [0.1, 0.15) is 29.8 Å². The molecule has 3 N–H and O–H groups in total. The van der Waals surface area contributed by atoms with Gasteiger partial charge in [-0.25, -0.2) is 0 Å². The summed E-state index contributed by atoms with van der Waals surface area (Å²) in [6.45, 7) is 2.99. The van der Waals surface area contributed by atoms with Crippen LogP contribution in [0.2, 0.25) is 0 Å². The Morgan fingerprint density at radius 1 is 1.26 bits per heavy atom. The molecule has 0 saturated carbocycles. The average molecular weight is 445 g/mol. The molecule has 0 saturated heterocycles. The summed E-state index contributed by atoms with van der Waals surface area (Å²) in [5, 5.41) is 18.1. The number of nitrogens with one attached hydrogen (secondary N) is 2. The van der Waals surface area contributed by atoms with Crippen LogP contribution >= 0.6 is 35.3 Å². The molecule has 0 spiro atoms. The minimum Gasteiger partial charge on any atom is -0.508 e. The van der Waals surface area contributed by atoms with Crippen molar-refractivity contribution < 1.29 is 5.11 Å². The molecule has 1 aromatic carbocycles. The van der Waals surface area contributed by atoms with Gasteiger partial charge in [0.05, 0.1) is 6.04 Å². The zero-order valence-corrected chi connectivity index (χ0v) is 16.6. The number of hydrogen-bond donors (Lipinski definition) is 3. The highest BCUT2D eigenvalue weighted by Gasteiger charge is 2.07. The first-order valence-corrected chi connectivity index (χ1v) is 8.35. The number of aryl methyl sites for hydroxylation is 1. The Kier molecular flexibility index (Phi) is 9.01. The zero-order chi connectivity index (χ0) is 15.8. The smallest absolute Gasteiger partial charge is 0.191 e. The Morgan fingerprint density at radius 3 is 2.61 bits per heavy atom. The molecule has 1 atom stereocenters. The maximum Gasteiger partial charge on any atom is 0.191 e. The fourth-order valence-electron chi connectivity index (χ4n) is 2.17. The lowest BCUT2D eigenvalue weighted by Crippen LogP contribution is -2.39. The minimum absolute atomic E-state index is 0. The Bertz CT molecular complexity index is 584. The number of phenolic OH excluding ortho intramolecular Hbond substituents is 1. The Morgan fingerprint density at radius 2 is 2.00 bits per heavy atom. The highest BCUT2D eigenvalue weighted by Crippen LogP contribution is 2.17. The molecule has 0 amide bonds. The van der Waals surface area contributed by atoms with E-state index in [1.165, 1.54) is 10.4 Å². The van der Waals surface area contributed by atoms with E-state index in [-0.39, 0.29) is 30.0 Å². The summed E-state index contributed by atoms with van der Waals surface area (Å²) in [6.07, 6.45) is 1.99. The molecule has 0 aliphatic heterocycles. The highest BCUT2D eigenvalue weighted by atomic mass is 127. The topological polar surface area (TPSA) is 56.7 Å². The van der Waals surface area contributed by atoms with Crippen LogP contribution in [0.5, 0.6) is 5.75 Å². The van der Waals surface area contributed by atoms with Crippen molar-refractivity contribution in [1.82, 2.24) is 10.6 Å². The van der Waals surface area contributed by atoms with Crippen LogP contribution < -0.4 is 10.6 Å². The van der Waals surface area contributed by atoms with Crippen molar-refractivity contribution in [3.05, 3.63) is 52.2 Å². The fourth-order valence-corrected chi connectivity index (χ4v) is 2.90. The number of thiophene rings is 1. The van der Waals surface area contributed by atoms with Crippen LogP contribution in [0.15, 0.2) is 46.8 Å². The molecule has 0 fully saturated rings. The lowest BCUT2D eigenvalue weighted by molar-refractivity contribution is 0.475. The Labute approximate surface area is 159 Å². The molecule has 126 valence electrons. The van der Waals surface area contributed by atoms with E-state index in [0.717, 1.165) is 25.3 Å². The lowest BCUT2D eigenvalue weighted by atomic mass is 10.1. The number of guanidine groups is 1. The summed E-state index contributed by atoms with van der Waals surface area (Å²) in [6, 6.07) is 11.8. The van der Waals surface area contributed by atoms with Crippen LogP contribution in [-0.4, -0.2) is 24.7 Å². The second-order valence-electron chi connectivity index (χ2n) is 5.15. The van der Waals surface area contributed by atoms with Crippen molar-refractivity contribution in [3.63, 3.8) is 0 Å². The zero-order valence-electron chi connectivity index (χ0n) is 13.5. The SMILES string of the molecule is CN=C(NCCCc1ccc(O)cc1)NC(C)c1cccs1.I. The number of rotatable bonds is 6. The maximum absolute atomic E-state index is 9.26. The summed E-state index contributed by atoms with van der Waals surface area (Å²) in [5.41, 5.74) is 1.23. The number of nitrogens with zero attached hydrogens (tertiary/aromatic N) is 1. The normalized spacial score (nSPS) is 12.3. The first kappa shape index (κ1) is 19.8. The number of benzene rings is 1. The van der Waals surface area contributed by atoms with Gasteiger partial charge in [-0.3, -0.25) is 4.99 Å². The summed E-state index contributed by atoms with van der Waals surface area (Å²) >= 11 is 1.74. The number of halogens is 1. The van der Waals surface area contributed by atoms with Gasteiger partial charge in [0.15, 0.2) is 5.96 Å². The van der Waals surface area contributed by atoms with E-state index < -0.39 is 0 Å². The van der Waals surface area contributed by atoms with Gasteiger partial charge >= 0.3 is 0 Å². The number of aliphatic imine (C=N–C) groups is 1. The second kappa shape index (κ2) is 10.5. The van der Waals surface area contributed by atoms with Crippen LogP contribution in [0.3, 0.4) is 0 Å². The molecule has 23 heavy (non-hydrogen) atoms. The summed E-state index contributed by atoms with van der Waals surface area (Å²) in [4.78, 5) is 5.56. The van der Waals surface area contributed by atoms with Crippen molar-refractivity contribution >= 4 is 41.3 Å². The fraction of sp³-hybridized carbons (Fsp3) is 0.353. The third-order valence-corrected chi connectivity index (χ3v) is 4.47. The average Bonchev–Trinajstić information content (AvgIpc) is 3.06. The van der Waals surface area contributed by atoms with E-state index in [4.69, 9.17) is 0 Å². The van der Waals surface area contributed by atoms with Crippen molar-refractivity contribution in [2.24, 2.45) is 4.99 Å². The van der Waals surface area contributed by atoms with Crippen LogP contribution in [0.25, 0.3) is 0 Å². The number of aromatic hydroxyl groups is 1. The molecule has 1 heterocycles. The molecule has 0 aliphatic rings. The van der Waals surface area contributed by atoms with Crippen LogP contribution in [0, 0.1) is 0 Å². The van der Waals surface area contributed by atoms with Gasteiger partial charge in [-0.2, -0.15) is 0 Å². The Hall–Kier alpha value is -1.28. The van der Waals surface area contributed by atoms with Gasteiger partial charge in [-0.1, -0.05) is 18.2 Å². The van der Waals surface area contributed by atoms with Gasteiger partial charge in [0, 0.05) is 18.5 Å². The molecular formula is C17H24IN3OS. The number of hydrogen-bond acceptors (Lipinski definition) is 3. The van der Waals surface area contributed by atoms with E-state index >= 15 is 0 Å². The maximum atomic E-state index is 9.26. The highest BCUT2D eigenvalue weighted by molar-refractivity contribution is 14.0. The van der Waals surface area contributed by atoms with E-state index in [2.05, 4.69) is 40.1 Å². The molecule has 1 aromatic heterocycles. The van der Waals surface area contributed by atoms with Gasteiger partial charge in [0.25, 0.3) is 0 Å².